The minimum absolute atomic E-state index is 0.00508. The van der Waals surface area contributed by atoms with Crippen molar-refractivity contribution < 1.29 is 14.5 Å². The van der Waals surface area contributed by atoms with Crippen LogP contribution in [0.25, 0.3) is 5.57 Å². The molecule has 0 N–H and O–H groups in total. The smallest absolute Gasteiger partial charge is 0.313 e. The molecule has 1 aromatic rings. The molecule has 0 aliphatic heterocycles. The van der Waals surface area contributed by atoms with Crippen molar-refractivity contribution in [2.45, 2.75) is 13.3 Å². The van der Waals surface area contributed by atoms with E-state index in [1.807, 2.05) is 6.08 Å². The number of nitro groups is 1. The molecule has 0 aromatic heterocycles. The second kappa shape index (κ2) is 6.54. The topological polar surface area (TPSA) is 69.4 Å². The summed E-state index contributed by atoms with van der Waals surface area (Å²) in [4.78, 5) is 22.3. The van der Waals surface area contributed by atoms with Gasteiger partial charge in [-0.05, 0) is 42.7 Å². The minimum atomic E-state index is -0.482. The molecule has 1 aliphatic rings. The lowest BCUT2D eigenvalue weighted by Gasteiger charge is -2.22. The molecule has 0 radical (unpaired) electrons. The van der Waals surface area contributed by atoms with Gasteiger partial charge in [0.1, 0.15) is 0 Å². The number of halogens is 1. The van der Waals surface area contributed by atoms with Crippen molar-refractivity contribution in [1.82, 2.24) is 0 Å². The normalized spacial score (nSPS) is 17.7. The SMILES string of the molecule is CCOC(=O)C1CC=CC(Cl)=C1c1ccc([N+](=O)[O-])cc1. The maximum absolute atomic E-state index is 12.0. The molecule has 0 saturated carbocycles. The van der Waals surface area contributed by atoms with E-state index in [1.165, 1.54) is 12.1 Å². The summed E-state index contributed by atoms with van der Waals surface area (Å²) in [5.41, 5.74) is 1.33. The molecule has 1 aliphatic carbocycles. The van der Waals surface area contributed by atoms with E-state index in [0.29, 0.717) is 29.2 Å². The third-order valence-electron chi connectivity index (χ3n) is 3.20. The molecular weight excluding hydrogens is 294 g/mol. The first-order valence-electron chi connectivity index (χ1n) is 6.52. The summed E-state index contributed by atoms with van der Waals surface area (Å²) in [6, 6.07) is 5.99. The second-order valence-electron chi connectivity index (χ2n) is 4.51. The standard InChI is InChI=1S/C15H14ClNO4/c1-2-21-15(18)12-4-3-5-13(16)14(12)10-6-8-11(9-7-10)17(19)20/h3,5-9,12H,2,4H2,1H3. The number of esters is 1. The lowest BCUT2D eigenvalue weighted by Crippen LogP contribution is -2.21. The Morgan fingerprint density at radius 1 is 1.43 bits per heavy atom. The quantitative estimate of drug-likeness (QED) is 0.483. The van der Waals surface area contributed by atoms with Crippen LogP contribution in [0, 0.1) is 16.0 Å². The Morgan fingerprint density at radius 3 is 2.67 bits per heavy atom. The van der Waals surface area contributed by atoms with Gasteiger partial charge in [0.05, 0.1) is 17.4 Å². The maximum atomic E-state index is 12.0. The zero-order valence-corrected chi connectivity index (χ0v) is 12.2. The summed E-state index contributed by atoms with van der Waals surface area (Å²) in [7, 11) is 0. The van der Waals surface area contributed by atoms with Crippen LogP contribution in [-0.4, -0.2) is 17.5 Å². The van der Waals surface area contributed by atoms with Crippen molar-refractivity contribution in [3.63, 3.8) is 0 Å². The van der Waals surface area contributed by atoms with E-state index in [0.717, 1.165) is 0 Å². The number of hydrogen-bond donors (Lipinski definition) is 0. The van der Waals surface area contributed by atoms with E-state index >= 15 is 0 Å². The highest BCUT2D eigenvalue weighted by Gasteiger charge is 2.28. The second-order valence-corrected chi connectivity index (χ2v) is 4.92. The van der Waals surface area contributed by atoms with Crippen LogP contribution in [0.1, 0.15) is 18.9 Å². The van der Waals surface area contributed by atoms with Gasteiger partial charge in [-0.15, -0.1) is 0 Å². The molecule has 0 saturated heterocycles. The van der Waals surface area contributed by atoms with Crippen molar-refractivity contribution >= 4 is 28.8 Å². The maximum Gasteiger partial charge on any atom is 0.313 e. The predicted octanol–water partition coefficient (Wildman–Crippen LogP) is 3.68. The summed E-state index contributed by atoms with van der Waals surface area (Å²) < 4.78 is 5.07. The number of non-ortho nitro benzene ring substituents is 1. The summed E-state index contributed by atoms with van der Waals surface area (Å²) in [6.45, 7) is 2.04. The van der Waals surface area contributed by atoms with Crippen molar-refractivity contribution in [1.29, 1.82) is 0 Å². The monoisotopic (exact) mass is 307 g/mol. The Bertz CT molecular complexity index is 619. The third-order valence-corrected chi connectivity index (χ3v) is 3.53. The molecular formula is C15H14ClNO4. The lowest BCUT2D eigenvalue weighted by atomic mass is 9.86. The van der Waals surface area contributed by atoms with Crippen LogP contribution in [0.5, 0.6) is 0 Å². The number of carbonyl (C=O) groups excluding carboxylic acids is 1. The van der Waals surface area contributed by atoms with Gasteiger partial charge < -0.3 is 4.74 Å². The van der Waals surface area contributed by atoms with Crippen LogP contribution in [0.15, 0.2) is 41.4 Å². The van der Waals surface area contributed by atoms with Crippen LogP contribution in [0.2, 0.25) is 0 Å². The van der Waals surface area contributed by atoms with E-state index in [2.05, 4.69) is 0 Å². The van der Waals surface area contributed by atoms with Gasteiger partial charge in [-0.2, -0.15) is 0 Å². The van der Waals surface area contributed by atoms with E-state index < -0.39 is 10.8 Å². The molecule has 0 amide bonds. The molecule has 21 heavy (non-hydrogen) atoms. The fourth-order valence-electron chi connectivity index (χ4n) is 2.24. The Morgan fingerprint density at radius 2 is 2.10 bits per heavy atom. The fraction of sp³-hybridized carbons (Fsp3) is 0.267. The number of allylic oxidation sites excluding steroid dienone is 3. The summed E-state index contributed by atoms with van der Waals surface area (Å²) in [5, 5.41) is 11.1. The summed E-state index contributed by atoms with van der Waals surface area (Å²) >= 11 is 6.21. The van der Waals surface area contributed by atoms with Gasteiger partial charge in [0, 0.05) is 17.2 Å². The first kappa shape index (κ1) is 15.3. The first-order valence-corrected chi connectivity index (χ1v) is 6.90. The summed E-state index contributed by atoms with van der Waals surface area (Å²) in [6.07, 6.45) is 4.05. The molecule has 0 heterocycles. The molecule has 110 valence electrons. The van der Waals surface area contributed by atoms with Crippen molar-refractivity contribution in [2.24, 2.45) is 5.92 Å². The molecule has 1 aromatic carbocycles. The van der Waals surface area contributed by atoms with Crippen molar-refractivity contribution in [2.75, 3.05) is 6.61 Å². The number of ether oxygens (including phenoxy) is 1. The van der Waals surface area contributed by atoms with Gasteiger partial charge in [0.15, 0.2) is 0 Å². The number of hydrogen-bond acceptors (Lipinski definition) is 4. The van der Waals surface area contributed by atoms with Crippen LogP contribution in [-0.2, 0) is 9.53 Å². The molecule has 1 unspecified atom stereocenters. The Labute approximate surface area is 127 Å². The van der Waals surface area contributed by atoms with E-state index in [1.54, 1.807) is 25.1 Å². The molecule has 5 nitrogen and oxygen atoms in total. The highest BCUT2D eigenvalue weighted by atomic mass is 35.5. The molecule has 1 atom stereocenters. The number of nitrogens with zero attached hydrogens (tertiary/aromatic N) is 1. The zero-order valence-electron chi connectivity index (χ0n) is 11.4. The van der Waals surface area contributed by atoms with Crippen LogP contribution >= 0.6 is 11.6 Å². The molecule has 6 heteroatoms. The predicted molar refractivity (Wildman–Crippen MR) is 79.7 cm³/mol. The average Bonchev–Trinajstić information content (AvgIpc) is 2.47. The van der Waals surface area contributed by atoms with Crippen LogP contribution in [0.4, 0.5) is 5.69 Å². The van der Waals surface area contributed by atoms with E-state index in [4.69, 9.17) is 16.3 Å². The molecule has 0 fully saturated rings. The van der Waals surface area contributed by atoms with Crippen molar-refractivity contribution in [3.8, 4) is 0 Å². The van der Waals surface area contributed by atoms with Crippen molar-refractivity contribution in [3.05, 3.63) is 57.1 Å². The summed E-state index contributed by atoms with van der Waals surface area (Å²) in [5.74, 6) is -0.822. The van der Waals surface area contributed by atoms with Gasteiger partial charge in [-0.1, -0.05) is 17.7 Å². The van der Waals surface area contributed by atoms with Gasteiger partial charge >= 0.3 is 5.97 Å². The molecule has 0 spiro atoms. The third kappa shape index (κ3) is 3.31. The Hall–Kier alpha value is -2.14. The van der Waals surface area contributed by atoms with Gasteiger partial charge in [-0.25, -0.2) is 0 Å². The Kier molecular flexibility index (Phi) is 4.75. The van der Waals surface area contributed by atoms with E-state index in [-0.39, 0.29) is 11.7 Å². The van der Waals surface area contributed by atoms with Crippen LogP contribution < -0.4 is 0 Å². The molecule has 2 rings (SSSR count). The van der Waals surface area contributed by atoms with Gasteiger partial charge in [-0.3, -0.25) is 14.9 Å². The number of rotatable bonds is 4. The number of benzene rings is 1. The largest absolute Gasteiger partial charge is 0.466 e. The van der Waals surface area contributed by atoms with Gasteiger partial charge in [0.25, 0.3) is 5.69 Å². The van der Waals surface area contributed by atoms with Gasteiger partial charge in [0.2, 0.25) is 0 Å². The zero-order chi connectivity index (χ0) is 15.4. The van der Waals surface area contributed by atoms with E-state index in [9.17, 15) is 14.9 Å². The highest BCUT2D eigenvalue weighted by Crippen LogP contribution is 2.36. The average molecular weight is 308 g/mol. The Balaban J connectivity index is 2.38. The highest BCUT2D eigenvalue weighted by molar-refractivity contribution is 6.35. The fourth-order valence-corrected chi connectivity index (χ4v) is 2.57. The lowest BCUT2D eigenvalue weighted by molar-refractivity contribution is -0.384. The molecule has 0 bridgehead atoms. The first-order chi connectivity index (χ1) is 10.0. The van der Waals surface area contributed by atoms with Crippen LogP contribution in [0.3, 0.4) is 0 Å². The number of carbonyl (C=O) groups is 1. The minimum Gasteiger partial charge on any atom is -0.466 e. The number of nitro benzene ring substituents is 1.